The monoisotopic (exact) mass is 992 g/mol. The molecule has 386 valence electrons. The lowest BCUT2D eigenvalue weighted by Crippen LogP contribution is -2.61. The first-order chi connectivity index (χ1) is 34.6. The van der Waals surface area contributed by atoms with Crippen molar-refractivity contribution in [3.8, 4) is 0 Å². The third kappa shape index (κ3) is 9.47. The van der Waals surface area contributed by atoms with E-state index in [1.807, 2.05) is 96.7 Å². The van der Waals surface area contributed by atoms with Gasteiger partial charge in [-0.2, -0.15) is 0 Å². The van der Waals surface area contributed by atoms with Crippen LogP contribution in [-0.4, -0.2) is 195 Å². The van der Waals surface area contributed by atoms with Gasteiger partial charge in [0.05, 0.1) is 35.9 Å². The maximum atomic E-state index is 12.4. The van der Waals surface area contributed by atoms with E-state index in [1.165, 1.54) is 0 Å². The number of hydrogen-bond donors (Lipinski definition) is 3. The van der Waals surface area contributed by atoms with Gasteiger partial charge < -0.3 is 64.3 Å². The quantitative estimate of drug-likeness (QED) is 0.277. The second kappa shape index (κ2) is 20.7. The van der Waals surface area contributed by atoms with Crippen LogP contribution in [0.4, 0.5) is 31.4 Å². The van der Waals surface area contributed by atoms with Crippen molar-refractivity contribution in [1.29, 1.82) is 0 Å². The minimum Gasteiger partial charge on any atom is -0.443 e. The van der Waals surface area contributed by atoms with E-state index < -0.39 is 0 Å². The summed E-state index contributed by atoms with van der Waals surface area (Å²) in [5.74, 6) is 0.373. The molecule has 9 heterocycles. The zero-order chi connectivity index (χ0) is 51.0. The average molecular weight is 992 g/mol. The lowest BCUT2D eigenvalue weighted by atomic mass is 9.82. The molecule has 0 aromatic heterocycles. The maximum absolute atomic E-state index is 12.4. The fourth-order valence-electron chi connectivity index (χ4n) is 12.4. The van der Waals surface area contributed by atoms with E-state index in [1.54, 1.807) is 28.8 Å². The first-order valence-corrected chi connectivity index (χ1v) is 25.3. The Hall–Kier alpha value is -6.28. The fourth-order valence-corrected chi connectivity index (χ4v) is 12.4. The molecule has 0 saturated carbocycles. The second-order valence-corrected chi connectivity index (χ2v) is 20.7. The number of ether oxygens (including phenoxy) is 3. The highest BCUT2D eigenvalue weighted by Gasteiger charge is 2.57. The number of rotatable bonds is 8. The number of aliphatic hydroxyl groups is 1. The summed E-state index contributed by atoms with van der Waals surface area (Å²) in [4.78, 5) is 84.5. The normalized spacial score (nSPS) is 29.0. The van der Waals surface area contributed by atoms with Crippen molar-refractivity contribution >= 4 is 53.1 Å². The maximum Gasteiger partial charge on any atom is 0.410 e. The molecule has 0 spiro atoms. The summed E-state index contributed by atoms with van der Waals surface area (Å²) in [5.41, 5.74) is 5.23. The number of piperidine rings is 3. The summed E-state index contributed by atoms with van der Waals surface area (Å²) in [5, 5.41) is 15.3. The van der Waals surface area contributed by atoms with Crippen molar-refractivity contribution in [1.82, 2.24) is 29.8 Å². The molecule has 9 aliphatic heterocycles. The molecule has 9 aliphatic rings. The molecule has 12 rings (SSSR count). The van der Waals surface area contributed by atoms with Crippen LogP contribution in [0.15, 0.2) is 72.8 Å². The number of nitrogens with zero attached hydrogens (tertiary/aromatic N) is 7. The molecule has 6 amide bonds. The van der Waals surface area contributed by atoms with Crippen molar-refractivity contribution < 1.29 is 48.1 Å². The molecule has 3 aromatic rings. The SMILES string of the molecule is CN1C(=O)OC2CCNCC21CCN1C(=O)Cc2ccccc21.CN1CCC2OC(=O)N(C)C2(CCN2C(=O)Cc3ccccc32)C1.CN1CCC2OC(=O)N(C)C2(CCO)C1.O=C1Cc2ccccc2N1. The summed E-state index contributed by atoms with van der Waals surface area (Å²) >= 11 is 0. The fraction of sp³-hybridized carbons (Fsp3) is 0.547. The molecule has 72 heavy (non-hydrogen) atoms. The molecule has 0 radical (unpaired) electrons. The van der Waals surface area contributed by atoms with Gasteiger partial charge in [0.15, 0.2) is 0 Å². The number of nitrogens with one attached hydrogen (secondary N) is 2. The molecule has 19 nitrogen and oxygen atoms in total. The number of carbonyl (C=O) groups excluding carboxylic acids is 6. The number of benzene rings is 3. The van der Waals surface area contributed by atoms with E-state index in [0.717, 1.165) is 92.2 Å². The van der Waals surface area contributed by atoms with Crippen molar-refractivity contribution in [3.63, 3.8) is 0 Å². The molecule has 0 aliphatic carbocycles. The van der Waals surface area contributed by atoms with Crippen LogP contribution >= 0.6 is 0 Å². The van der Waals surface area contributed by atoms with E-state index in [2.05, 4.69) is 27.5 Å². The Morgan fingerprint density at radius 1 is 0.556 bits per heavy atom. The van der Waals surface area contributed by atoms with E-state index in [0.29, 0.717) is 51.7 Å². The minimum absolute atomic E-state index is 0.0571. The number of amides is 6. The van der Waals surface area contributed by atoms with Crippen LogP contribution < -0.4 is 20.4 Å². The molecule has 6 unspecified atom stereocenters. The predicted octanol–water partition coefficient (Wildman–Crippen LogP) is 3.71. The molecule has 3 N–H and O–H groups in total. The topological polar surface area (TPSA) is 197 Å². The zero-order valence-corrected chi connectivity index (χ0v) is 42.1. The summed E-state index contributed by atoms with van der Waals surface area (Å²) in [7, 11) is 9.49. The van der Waals surface area contributed by atoms with Gasteiger partial charge in [0.1, 0.15) is 18.3 Å². The largest absolute Gasteiger partial charge is 0.443 e. The summed E-state index contributed by atoms with van der Waals surface area (Å²) in [6.45, 7) is 6.31. The smallest absolute Gasteiger partial charge is 0.410 e. The van der Waals surface area contributed by atoms with E-state index in [9.17, 15) is 28.8 Å². The Labute approximate surface area is 421 Å². The molecular formula is C53H69N9O10. The molecule has 19 heteroatoms. The number of anilines is 3. The van der Waals surface area contributed by atoms with Crippen molar-refractivity contribution in [2.45, 2.75) is 92.7 Å². The van der Waals surface area contributed by atoms with Crippen molar-refractivity contribution in [3.05, 3.63) is 89.5 Å². The van der Waals surface area contributed by atoms with Crippen molar-refractivity contribution in [2.24, 2.45) is 0 Å². The number of carbonyl (C=O) groups is 6. The Bertz CT molecular complexity index is 2540. The van der Waals surface area contributed by atoms with Gasteiger partial charge in [0, 0.05) is 90.6 Å². The van der Waals surface area contributed by atoms with Gasteiger partial charge in [-0.15, -0.1) is 0 Å². The zero-order valence-electron chi connectivity index (χ0n) is 42.1. The Morgan fingerprint density at radius 3 is 1.51 bits per heavy atom. The third-order valence-electron chi connectivity index (χ3n) is 16.6. The number of hydrogen-bond acceptors (Lipinski definition) is 13. The van der Waals surface area contributed by atoms with Crippen molar-refractivity contribution in [2.75, 3.05) is 109 Å². The van der Waals surface area contributed by atoms with Crippen LogP contribution in [0.3, 0.4) is 0 Å². The molecule has 6 saturated heterocycles. The number of fused-ring (bicyclic) bond motifs is 6. The third-order valence-corrected chi connectivity index (χ3v) is 16.6. The van der Waals surface area contributed by atoms with Crippen LogP contribution in [-0.2, 0) is 47.9 Å². The lowest BCUT2D eigenvalue weighted by molar-refractivity contribution is -0.118. The average Bonchev–Trinajstić information content (AvgIpc) is 4.17. The van der Waals surface area contributed by atoms with Gasteiger partial charge in [0.25, 0.3) is 0 Å². The molecular weight excluding hydrogens is 923 g/mol. The standard InChI is InChI=1S/C18H23N3O3.C17H21N3O3.C10H18N2O3.C8H7NO/c1-19-9-7-15-18(12-19,20(2)17(23)24-15)8-10-21-14-6-4-3-5-13(14)11-16(21)22;1-19-16(22)23-14-6-8-18-11-17(14,19)7-9-20-13-5-3-2-4-12(13)10-15(20)21;1-11-5-3-8-10(7-11,4-6-13)12(2)9(14)15-8;10-8-5-6-3-1-2-4-7(6)9-8/h3-6,15H,7-12H2,1-2H3;2-5,14,18H,6-11H2,1H3;8,13H,3-7H2,1-2H3;1-4H,5H2,(H,9,10). The van der Waals surface area contributed by atoms with Gasteiger partial charge in [-0.25, -0.2) is 14.4 Å². The van der Waals surface area contributed by atoms with Crippen LogP contribution in [0.5, 0.6) is 0 Å². The Morgan fingerprint density at radius 2 is 1.00 bits per heavy atom. The summed E-state index contributed by atoms with van der Waals surface area (Å²) in [6.07, 6.45) is 5.03. The van der Waals surface area contributed by atoms with Gasteiger partial charge in [0.2, 0.25) is 17.7 Å². The number of likely N-dealkylation sites (N-methyl/N-ethyl adjacent to an activating group) is 5. The summed E-state index contributed by atoms with van der Waals surface area (Å²) in [6, 6.07) is 23.6. The highest BCUT2D eigenvalue weighted by molar-refractivity contribution is 6.02. The highest BCUT2D eigenvalue weighted by atomic mass is 16.6. The number of para-hydroxylation sites is 3. The number of aliphatic hydroxyl groups excluding tert-OH is 1. The summed E-state index contributed by atoms with van der Waals surface area (Å²) < 4.78 is 16.5. The molecule has 6 atom stereocenters. The van der Waals surface area contributed by atoms with E-state index in [4.69, 9.17) is 19.3 Å². The van der Waals surface area contributed by atoms with Gasteiger partial charge in [-0.1, -0.05) is 54.6 Å². The van der Waals surface area contributed by atoms with Gasteiger partial charge in [-0.3, -0.25) is 14.4 Å². The Kier molecular flexibility index (Phi) is 14.5. The van der Waals surface area contributed by atoms with E-state index >= 15 is 0 Å². The predicted molar refractivity (Wildman–Crippen MR) is 269 cm³/mol. The van der Waals surface area contributed by atoms with Crippen LogP contribution in [0.1, 0.15) is 55.2 Å². The lowest BCUT2D eigenvalue weighted by Gasteiger charge is -2.44. The van der Waals surface area contributed by atoms with Gasteiger partial charge in [-0.05, 0) is 94.1 Å². The highest BCUT2D eigenvalue weighted by Crippen LogP contribution is 2.41. The first-order valence-electron chi connectivity index (χ1n) is 25.3. The number of likely N-dealkylation sites (tertiary alicyclic amines) is 2. The molecule has 0 bridgehead atoms. The van der Waals surface area contributed by atoms with Crippen LogP contribution in [0.2, 0.25) is 0 Å². The van der Waals surface area contributed by atoms with Crippen LogP contribution in [0.25, 0.3) is 0 Å². The first kappa shape index (κ1) is 50.7. The van der Waals surface area contributed by atoms with E-state index in [-0.39, 0.29) is 77.5 Å². The minimum atomic E-state index is -0.354. The van der Waals surface area contributed by atoms with Crippen LogP contribution in [0, 0.1) is 0 Å². The second-order valence-electron chi connectivity index (χ2n) is 20.7. The Balaban J connectivity index is 0.000000124. The molecule has 3 aromatic carbocycles. The molecule has 6 fully saturated rings. The van der Waals surface area contributed by atoms with Gasteiger partial charge >= 0.3 is 18.3 Å².